The van der Waals surface area contributed by atoms with Crippen LogP contribution in [0.25, 0.3) is 0 Å². The smallest absolute Gasteiger partial charge is 0.159 e. The van der Waals surface area contributed by atoms with Crippen molar-refractivity contribution in [3.8, 4) is 0 Å². The number of nitrogens with zero attached hydrogens (tertiary/aromatic N) is 8. The van der Waals surface area contributed by atoms with E-state index in [1.54, 1.807) is 41.9 Å². The molecule has 3 heterocycles. The van der Waals surface area contributed by atoms with Crippen molar-refractivity contribution in [3.05, 3.63) is 37.2 Å². The molecule has 0 amide bonds. The van der Waals surface area contributed by atoms with Crippen molar-refractivity contribution >= 4 is 33.3 Å². The number of halogens is 1. The average Bonchev–Trinajstić information content (AvgIpc) is 1.79. The Labute approximate surface area is 518 Å². The van der Waals surface area contributed by atoms with Gasteiger partial charge in [-0.25, -0.2) is 4.68 Å². The second kappa shape index (κ2) is 25.6. The molecule has 24 atom stereocenters. The van der Waals surface area contributed by atoms with Gasteiger partial charge in [0.05, 0.1) is 53.1 Å². The average molecular weight is 1240 g/mol. The molecule has 3 aromatic rings. The number of aromatic nitrogens is 9. The van der Waals surface area contributed by atoms with Gasteiger partial charge < -0.3 is 15.3 Å². The van der Waals surface area contributed by atoms with Crippen molar-refractivity contribution in [2.75, 3.05) is 5.33 Å². The number of hydrogen-bond donors (Lipinski definition) is 4. The summed E-state index contributed by atoms with van der Waals surface area (Å²) in [5.74, 6) is 13.0. The molecule has 15 rings (SSSR count). The van der Waals surface area contributed by atoms with E-state index in [4.69, 9.17) is 0 Å². The van der Waals surface area contributed by atoms with E-state index in [1.807, 2.05) is 20.8 Å². The number of nitrogens with one attached hydrogen (secondary N) is 1. The third-order valence-corrected chi connectivity index (χ3v) is 27.4. The first kappa shape index (κ1) is 66.2. The van der Waals surface area contributed by atoms with E-state index >= 15 is 0 Å². The zero-order valence-electron chi connectivity index (χ0n) is 50.5. The van der Waals surface area contributed by atoms with Crippen molar-refractivity contribution in [2.45, 2.75) is 248 Å². The summed E-state index contributed by atoms with van der Waals surface area (Å²) >= 11 is 3.41. The van der Waals surface area contributed by atoms with Crippen LogP contribution in [0.2, 0.25) is 0 Å². The lowest BCUT2D eigenvalue weighted by atomic mass is 9.51. The second-order valence-corrected chi connectivity index (χ2v) is 32.0. The Morgan fingerprint density at radius 3 is 1.18 bits per heavy atom. The molecule has 476 valence electrons. The highest BCUT2D eigenvalue weighted by molar-refractivity contribution is 9.09. The summed E-state index contributed by atoms with van der Waals surface area (Å²) in [6, 6.07) is 0. The zero-order valence-corrected chi connectivity index (χ0v) is 52.1. The van der Waals surface area contributed by atoms with E-state index in [1.165, 1.54) is 101 Å². The topological polar surface area (TPSA) is 215 Å². The van der Waals surface area contributed by atoms with Crippen LogP contribution in [0.5, 0.6) is 0 Å². The number of Topliss-reactive ketones (excluding diaryl/α,β-unsaturated/α-hetero) is 3. The lowest BCUT2D eigenvalue weighted by Gasteiger charge is -2.53. The molecule has 12 aliphatic carbocycles. The maximum absolute atomic E-state index is 13.1. The molecule has 85 heavy (non-hydrogen) atoms. The van der Waals surface area contributed by atoms with Gasteiger partial charge in [-0.15, -0.1) is 5.10 Å². The number of H-pyrrole nitrogens is 1. The predicted octanol–water partition coefficient (Wildman–Crippen LogP) is 13.2. The highest BCUT2D eigenvalue weighted by Crippen LogP contribution is 2.69. The van der Waals surface area contributed by atoms with Crippen LogP contribution in [-0.4, -0.2) is 100 Å². The molecular formula is C69H112BrN9O6. The number of fused-ring (bicyclic) bond motifs is 15. The molecule has 0 spiro atoms. The molecule has 12 saturated carbocycles. The minimum atomic E-state index is -0.448. The van der Waals surface area contributed by atoms with E-state index < -0.39 is 16.8 Å². The molecule has 0 aliphatic heterocycles. The first-order valence-corrected chi connectivity index (χ1v) is 34.0. The zero-order chi connectivity index (χ0) is 57.6. The Morgan fingerprint density at radius 2 is 0.835 bits per heavy atom. The summed E-state index contributed by atoms with van der Waals surface area (Å²) < 4.78 is 1.68. The molecule has 16 heteroatoms. The number of rotatable bonds is 8. The number of carbonyl (C=O) groups excluding carboxylic acids is 3. The summed E-state index contributed by atoms with van der Waals surface area (Å²) in [5, 5.41) is 57.8. The number of hydrogen-bond acceptors (Lipinski definition) is 12. The minimum absolute atomic E-state index is 0. The number of alkyl halides is 1. The van der Waals surface area contributed by atoms with Crippen molar-refractivity contribution in [2.24, 2.45) is 123 Å². The number of carbonyl (C=O) groups is 3. The van der Waals surface area contributed by atoms with Gasteiger partial charge >= 0.3 is 0 Å². The van der Waals surface area contributed by atoms with Crippen LogP contribution in [0.15, 0.2) is 37.2 Å². The molecule has 0 radical (unpaired) electrons. The first-order valence-electron chi connectivity index (χ1n) is 32.9. The molecule has 12 fully saturated rings. The van der Waals surface area contributed by atoms with Crippen LogP contribution in [0.1, 0.15) is 218 Å². The normalized spacial score (nSPS) is 46.3. The fourth-order valence-electron chi connectivity index (χ4n) is 23.9. The molecule has 15 nitrogen and oxygen atoms in total. The monoisotopic (exact) mass is 1240 g/mol. The van der Waals surface area contributed by atoms with Crippen molar-refractivity contribution in [3.63, 3.8) is 0 Å². The molecule has 0 unspecified atom stereocenters. The Hall–Kier alpha value is -3.21. The fourth-order valence-corrected chi connectivity index (χ4v) is 24.3. The molecule has 0 bridgehead atoms. The third-order valence-electron chi connectivity index (χ3n) is 26.9. The largest absolute Gasteiger partial charge is 0.390 e. The number of ketones is 3. The van der Waals surface area contributed by atoms with Crippen LogP contribution >= 0.6 is 15.9 Å². The SMILES string of the molecule is C.C.C.C[C@]1(O)C[C@H]2CC[C@@H]3[C@H](CC[C@]4(C)[C@@H](C(=O)CBr)CC[C@@H]34)[C@H]2C1.C[C@]1(O)C[C@H]2CC[C@@H]3[C@H](CC[C@]4(C)[C@@H](C(=O)Cn5ccnn5)CC[C@@H]34)[C@H]2C1.C[C@]1(O)C[C@H]2CC[C@@H]3[C@H](CC[C@]4(C)[C@@H](C(=O)Cn5nccn5)CC[C@@H]34)[C@H]2C1.c1cn[nH]n1. The van der Waals surface area contributed by atoms with E-state index in [0.717, 1.165) is 123 Å². The van der Waals surface area contributed by atoms with Crippen LogP contribution in [0, 0.1) is 123 Å². The molecule has 0 aromatic carbocycles. The number of aromatic amines is 1. The highest BCUT2D eigenvalue weighted by atomic mass is 79.9. The van der Waals surface area contributed by atoms with Crippen molar-refractivity contribution < 1.29 is 29.7 Å². The van der Waals surface area contributed by atoms with Gasteiger partial charge in [-0.05, 0) is 280 Å². The molecule has 4 N–H and O–H groups in total. The van der Waals surface area contributed by atoms with Crippen LogP contribution in [0.3, 0.4) is 0 Å². The summed E-state index contributed by atoms with van der Waals surface area (Å²) in [4.78, 5) is 40.1. The van der Waals surface area contributed by atoms with Crippen LogP contribution in [0.4, 0.5) is 0 Å². The summed E-state index contributed by atoms with van der Waals surface area (Å²) in [5.41, 5.74) is -0.756. The third kappa shape index (κ3) is 12.6. The summed E-state index contributed by atoms with van der Waals surface area (Å²) in [6.07, 6.45) is 38.0. The lowest BCUT2D eigenvalue weighted by molar-refractivity contribution is -0.131. The second-order valence-electron chi connectivity index (χ2n) is 31.4. The van der Waals surface area contributed by atoms with E-state index in [0.29, 0.717) is 59.4 Å². The van der Waals surface area contributed by atoms with E-state index in [-0.39, 0.29) is 56.3 Å². The van der Waals surface area contributed by atoms with E-state index in [2.05, 4.69) is 72.6 Å². The van der Waals surface area contributed by atoms with Crippen LogP contribution in [-0.2, 0) is 27.5 Å². The van der Waals surface area contributed by atoms with Gasteiger partial charge in [0, 0.05) is 24.0 Å². The number of aliphatic hydroxyl groups is 3. The Bertz CT molecular complexity index is 2540. The maximum atomic E-state index is 13.1. The van der Waals surface area contributed by atoms with Gasteiger partial charge in [-0.1, -0.05) is 64.2 Å². The van der Waals surface area contributed by atoms with Gasteiger partial charge in [0.25, 0.3) is 0 Å². The minimum Gasteiger partial charge on any atom is -0.390 e. The highest BCUT2D eigenvalue weighted by Gasteiger charge is 2.63. The van der Waals surface area contributed by atoms with Gasteiger partial charge in [0.15, 0.2) is 11.6 Å². The van der Waals surface area contributed by atoms with Gasteiger partial charge in [-0.2, -0.15) is 30.4 Å². The predicted molar refractivity (Wildman–Crippen MR) is 335 cm³/mol. The lowest BCUT2D eigenvalue weighted by Crippen LogP contribution is -2.47. The Morgan fingerprint density at radius 1 is 0.459 bits per heavy atom. The quantitative estimate of drug-likeness (QED) is 0.155. The van der Waals surface area contributed by atoms with Crippen molar-refractivity contribution in [1.29, 1.82) is 0 Å². The fraction of sp³-hybridized carbons (Fsp3) is 0.870. The molecular weight excluding hydrogens is 1130 g/mol. The van der Waals surface area contributed by atoms with E-state index in [9.17, 15) is 29.7 Å². The molecule has 0 saturated heterocycles. The Kier molecular flexibility index (Phi) is 19.9. The van der Waals surface area contributed by atoms with Gasteiger partial charge in [-0.3, -0.25) is 14.4 Å². The van der Waals surface area contributed by atoms with Gasteiger partial charge in [0.2, 0.25) is 0 Å². The standard InChI is InChI=1S/2C22H33N3O2.C20H31BrO2.C2H3N3.3CH4/c1-21(27)11-14-3-4-16-15(17(14)12-21)7-8-22(2)18(16)5-6-19(22)20(26)13-25-10-9-23-24-25;1-21(27)11-14-3-4-16-15(17(14)12-21)7-8-22(2)18(16)5-6-19(22)20(26)13-25-23-9-10-24-25;1-19(23)9-12-3-4-14-13(15(12)10-19)7-8-20(2)16(14)5-6-17(20)18(22)11-21;1-2-4-5-3-1;;;/h2*9-10,14-19,27H,3-8,11-13H2,1-2H3;12-17,23H,3-11H2,1-2H3;1-2H,(H,3,4,5);3*1H4/t2*14-,15+,16-,17+,18+,19-,21+,22+;12-,13+,14-,15+,16+,17-,19+,20+;;;;/m111..../s1. The molecule has 3 aromatic heterocycles. The summed E-state index contributed by atoms with van der Waals surface area (Å²) in [6.45, 7) is 14.0. The first-order chi connectivity index (χ1) is 39.1. The summed E-state index contributed by atoms with van der Waals surface area (Å²) in [7, 11) is 0. The van der Waals surface area contributed by atoms with Gasteiger partial charge in [0.1, 0.15) is 18.9 Å². The Balaban J connectivity index is 0.000000144. The maximum Gasteiger partial charge on any atom is 0.159 e. The van der Waals surface area contributed by atoms with Crippen molar-refractivity contribution in [1.82, 2.24) is 45.4 Å². The van der Waals surface area contributed by atoms with Crippen LogP contribution < -0.4 is 0 Å². The molecule has 12 aliphatic rings.